The number of carbonyl (C=O) groups excluding carboxylic acids is 2. The molecule has 1 heterocycles. The van der Waals surface area contributed by atoms with E-state index < -0.39 is 11.9 Å². The van der Waals surface area contributed by atoms with E-state index in [0.717, 1.165) is 34.1 Å². The van der Waals surface area contributed by atoms with Crippen LogP contribution in [0.25, 0.3) is 0 Å². The number of ether oxygens (including phenoxy) is 2. The number of hydrogen-bond acceptors (Lipinski definition) is 5. The molecule has 0 saturated carbocycles. The predicted molar refractivity (Wildman–Crippen MR) is 121 cm³/mol. The van der Waals surface area contributed by atoms with Crippen molar-refractivity contribution in [2.75, 3.05) is 7.11 Å². The molecular weight excluding hydrogens is 458 g/mol. The lowest BCUT2D eigenvalue weighted by atomic mass is 9.75. The van der Waals surface area contributed by atoms with Gasteiger partial charge < -0.3 is 14.8 Å². The molecular formula is C25H24BrNO4. The summed E-state index contributed by atoms with van der Waals surface area (Å²) in [6.45, 7) is 2.03. The van der Waals surface area contributed by atoms with Gasteiger partial charge in [0.25, 0.3) is 0 Å². The Hall–Kier alpha value is -2.86. The van der Waals surface area contributed by atoms with Crippen molar-refractivity contribution in [1.82, 2.24) is 5.32 Å². The van der Waals surface area contributed by atoms with Crippen LogP contribution in [-0.2, 0) is 20.9 Å². The lowest BCUT2D eigenvalue weighted by Crippen LogP contribution is -2.34. The minimum absolute atomic E-state index is 0.0571. The highest BCUT2D eigenvalue weighted by Crippen LogP contribution is 2.45. The molecule has 0 radical (unpaired) electrons. The molecule has 2 aromatic rings. The van der Waals surface area contributed by atoms with E-state index in [1.165, 1.54) is 0 Å². The van der Waals surface area contributed by atoms with E-state index in [-0.39, 0.29) is 12.4 Å². The monoisotopic (exact) mass is 481 g/mol. The van der Waals surface area contributed by atoms with Crippen molar-refractivity contribution in [3.8, 4) is 5.75 Å². The largest absolute Gasteiger partial charge is 0.496 e. The van der Waals surface area contributed by atoms with Gasteiger partial charge in [0, 0.05) is 33.4 Å². The minimum atomic E-state index is -0.542. The summed E-state index contributed by atoms with van der Waals surface area (Å²) >= 11 is 3.52. The van der Waals surface area contributed by atoms with Gasteiger partial charge in [-0.05, 0) is 43.5 Å². The van der Waals surface area contributed by atoms with Gasteiger partial charge in [-0.1, -0.05) is 46.3 Å². The summed E-state index contributed by atoms with van der Waals surface area (Å²) in [7, 11) is 1.59. The molecule has 0 aromatic heterocycles. The van der Waals surface area contributed by atoms with Crippen LogP contribution in [0.15, 0.2) is 75.5 Å². The van der Waals surface area contributed by atoms with E-state index in [1.54, 1.807) is 7.11 Å². The SMILES string of the molecule is COc1ccc(Br)cc1[C@H]1C(C(=O)OCc2ccccc2)=C(C)NC2=C1C(=O)CCC2. The van der Waals surface area contributed by atoms with Crippen molar-refractivity contribution >= 4 is 27.7 Å². The molecule has 0 unspecified atom stereocenters. The maximum absolute atomic E-state index is 13.3. The van der Waals surface area contributed by atoms with Gasteiger partial charge in [-0.3, -0.25) is 4.79 Å². The Labute approximate surface area is 190 Å². The van der Waals surface area contributed by atoms with Crippen molar-refractivity contribution in [2.24, 2.45) is 0 Å². The van der Waals surface area contributed by atoms with Crippen molar-refractivity contribution in [3.05, 3.63) is 86.7 Å². The summed E-state index contributed by atoms with van der Waals surface area (Å²) in [4.78, 5) is 26.4. The van der Waals surface area contributed by atoms with Gasteiger partial charge in [0.1, 0.15) is 12.4 Å². The first kappa shape index (κ1) is 21.4. The highest BCUT2D eigenvalue weighted by atomic mass is 79.9. The quantitative estimate of drug-likeness (QED) is 0.596. The van der Waals surface area contributed by atoms with E-state index >= 15 is 0 Å². The zero-order valence-electron chi connectivity index (χ0n) is 17.5. The number of benzene rings is 2. The lowest BCUT2D eigenvalue weighted by molar-refractivity contribution is -0.140. The maximum atomic E-state index is 13.3. The van der Waals surface area contributed by atoms with Gasteiger partial charge in [0.2, 0.25) is 0 Å². The van der Waals surface area contributed by atoms with Gasteiger partial charge in [0.05, 0.1) is 18.6 Å². The second-order valence-electron chi connectivity index (χ2n) is 7.71. The number of dihydropyridines is 1. The Kier molecular flexibility index (Phi) is 6.28. The van der Waals surface area contributed by atoms with Crippen LogP contribution in [0.5, 0.6) is 5.75 Å². The van der Waals surface area contributed by atoms with Crippen LogP contribution < -0.4 is 10.1 Å². The average molecular weight is 482 g/mol. The first-order chi connectivity index (χ1) is 15.0. The molecule has 0 spiro atoms. The molecule has 6 heteroatoms. The molecule has 160 valence electrons. The molecule has 0 fully saturated rings. The fraction of sp³-hybridized carbons (Fsp3) is 0.280. The number of ketones is 1. The fourth-order valence-corrected chi connectivity index (χ4v) is 4.68. The van der Waals surface area contributed by atoms with Gasteiger partial charge >= 0.3 is 5.97 Å². The molecule has 0 amide bonds. The molecule has 1 aliphatic carbocycles. The number of Topliss-reactive ketones (excluding diaryl/α,β-unsaturated/α-hetero) is 1. The zero-order chi connectivity index (χ0) is 22.0. The number of allylic oxidation sites excluding steroid dienone is 3. The van der Waals surface area contributed by atoms with Crippen LogP contribution in [0.4, 0.5) is 0 Å². The van der Waals surface area contributed by atoms with Gasteiger partial charge in [0.15, 0.2) is 5.78 Å². The van der Waals surface area contributed by atoms with E-state index in [1.807, 2.05) is 55.5 Å². The van der Waals surface area contributed by atoms with Crippen LogP contribution in [0.2, 0.25) is 0 Å². The molecule has 5 nitrogen and oxygen atoms in total. The third-order valence-corrected chi connectivity index (χ3v) is 6.20. The standard InChI is InChI=1S/C25H24BrNO4/c1-15-22(25(29)31-14-16-7-4-3-5-8-16)23(18-13-17(26)11-12-21(18)30-2)24-19(27-15)9-6-10-20(24)28/h3-5,7-8,11-13,23,27H,6,9-10,14H2,1-2H3/t23-/m0/s1. The molecule has 31 heavy (non-hydrogen) atoms. The normalized spacial score (nSPS) is 18.4. The first-order valence-corrected chi connectivity index (χ1v) is 11.1. The number of carbonyl (C=O) groups is 2. The number of nitrogens with one attached hydrogen (secondary N) is 1. The summed E-state index contributed by atoms with van der Waals surface area (Å²) < 4.78 is 12.1. The second-order valence-corrected chi connectivity index (χ2v) is 8.63. The molecule has 2 aromatic carbocycles. The Morgan fingerprint density at radius 2 is 1.94 bits per heavy atom. The second kappa shape index (κ2) is 9.10. The van der Waals surface area contributed by atoms with E-state index in [4.69, 9.17) is 9.47 Å². The molecule has 2 aliphatic rings. The number of rotatable bonds is 5. The Morgan fingerprint density at radius 3 is 2.68 bits per heavy atom. The highest BCUT2D eigenvalue weighted by molar-refractivity contribution is 9.10. The van der Waals surface area contributed by atoms with Gasteiger partial charge in [-0.25, -0.2) is 4.79 Å². The molecule has 1 N–H and O–H groups in total. The van der Waals surface area contributed by atoms with Gasteiger partial charge in [-0.15, -0.1) is 0 Å². The Balaban J connectivity index is 1.78. The average Bonchev–Trinajstić information content (AvgIpc) is 2.77. The van der Waals surface area contributed by atoms with E-state index in [2.05, 4.69) is 21.2 Å². The molecule has 1 aliphatic heterocycles. The van der Waals surface area contributed by atoms with Crippen LogP contribution in [0.3, 0.4) is 0 Å². The van der Waals surface area contributed by atoms with Crippen LogP contribution in [-0.4, -0.2) is 18.9 Å². The third-order valence-electron chi connectivity index (χ3n) is 5.71. The summed E-state index contributed by atoms with van der Waals surface area (Å²) in [6.07, 6.45) is 2.05. The summed E-state index contributed by atoms with van der Waals surface area (Å²) in [5, 5.41) is 3.31. The fourth-order valence-electron chi connectivity index (χ4n) is 4.30. The Morgan fingerprint density at radius 1 is 1.16 bits per heavy atom. The predicted octanol–water partition coefficient (Wildman–Crippen LogP) is 5.17. The maximum Gasteiger partial charge on any atom is 0.337 e. The van der Waals surface area contributed by atoms with Crippen molar-refractivity contribution in [1.29, 1.82) is 0 Å². The number of methoxy groups -OCH3 is 1. The minimum Gasteiger partial charge on any atom is -0.496 e. The number of esters is 1. The summed E-state index contributed by atoms with van der Waals surface area (Å²) in [6, 6.07) is 15.2. The lowest BCUT2D eigenvalue weighted by Gasteiger charge is -2.34. The van der Waals surface area contributed by atoms with Crippen molar-refractivity contribution in [2.45, 2.75) is 38.7 Å². The van der Waals surface area contributed by atoms with Gasteiger partial charge in [-0.2, -0.15) is 0 Å². The van der Waals surface area contributed by atoms with E-state index in [0.29, 0.717) is 29.0 Å². The van der Waals surface area contributed by atoms with Crippen LogP contribution >= 0.6 is 15.9 Å². The highest BCUT2D eigenvalue weighted by Gasteiger charge is 2.40. The first-order valence-electron chi connectivity index (χ1n) is 10.3. The molecule has 1 atom stereocenters. The van der Waals surface area contributed by atoms with Crippen molar-refractivity contribution in [3.63, 3.8) is 0 Å². The van der Waals surface area contributed by atoms with Crippen LogP contribution in [0.1, 0.15) is 43.2 Å². The molecule has 0 bridgehead atoms. The molecule has 0 saturated heterocycles. The number of hydrogen-bond donors (Lipinski definition) is 1. The Bertz CT molecular complexity index is 1090. The summed E-state index contributed by atoms with van der Waals surface area (Å²) in [5.74, 6) is -0.298. The smallest absolute Gasteiger partial charge is 0.337 e. The topological polar surface area (TPSA) is 64.6 Å². The van der Waals surface area contributed by atoms with Crippen molar-refractivity contribution < 1.29 is 19.1 Å². The number of halogens is 1. The van der Waals surface area contributed by atoms with E-state index in [9.17, 15) is 9.59 Å². The summed E-state index contributed by atoms with van der Waals surface area (Å²) in [5.41, 5.74) is 4.36. The zero-order valence-corrected chi connectivity index (χ0v) is 19.1. The third kappa shape index (κ3) is 4.30. The molecule has 4 rings (SSSR count). The van der Waals surface area contributed by atoms with Crippen LogP contribution in [0, 0.1) is 0 Å².